The highest BCUT2D eigenvalue weighted by Gasteiger charge is 2.43. The van der Waals surface area contributed by atoms with Crippen LogP contribution in [0.15, 0.2) is 36.4 Å². The Morgan fingerprint density at radius 3 is 2.35 bits per heavy atom. The second-order valence-electron chi connectivity index (χ2n) is 5.28. The molecule has 0 unspecified atom stereocenters. The number of ether oxygens (including phenoxy) is 1. The van der Waals surface area contributed by atoms with E-state index in [4.69, 9.17) is 4.74 Å². The van der Waals surface area contributed by atoms with Gasteiger partial charge in [-0.3, -0.25) is 0 Å². The fraction of sp³-hybridized carbons (Fsp3) is 0.375. The summed E-state index contributed by atoms with van der Waals surface area (Å²) in [5.41, 5.74) is 1.99. The van der Waals surface area contributed by atoms with Crippen molar-refractivity contribution in [2.75, 3.05) is 6.61 Å². The lowest BCUT2D eigenvalue weighted by molar-refractivity contribution is -0.0223. The molecular formula is C16H18O4. The van der Waals surface area contributed by atoms with Crippen LogP contribution in [0.1, 0.15) is 17.2 Å². The van der Waals surface area contributed by atoms with Crippen molar-refractivity contribution in [1.29, 1.82) is 0 Å². The molecule has 0 aromatic heterocycles. The number of aliphatic hydroxyl groups is 3. The fourth-order valence-electron chi connectivity index (χ4n) is 2.88. The zero-order valence-corrected chi connectivity index (χ0v) is 11.2. The van der Waals surface area contributed by atoms with E-state index < -0.39 is 24.4 Å². The average molecular weight is 274 g/mol. The smallest absolute Gasteiger partial charge is 0.113 e. The molecule has 0 amide bonds. The van der Waals surface area contributed by atoms with Crippen molar-refractivity contribution in [3.8, 4) is 0 Å². The van der Waals surface area contributed by atoms with Crippen LogP contribution in [0.25, 0.3) is 10.8 Å². The van der Waals surface area contributed by atoms with E-state index in [2.05, 4.69) is 0 Å². The van der Waals surface area contributed by atoms with Crippen molar-refractivity contribution in [3.05, 3.63) is 47.5 Å². The van der Waals surface area contributed by atoms with Crippen molar-refractivity contribution in [1.82, 2.24) is 0 Å². The van der Waals surface area contributed by atoms with Gasteiger partial charge < -0.3 is 20.1 Å². The molecule has 1 heterocycles. The van der Waals surface area contributed by atoms with Crippen molar-refractivity contribution in [3.63, 3.8) is 0 Å². The molecule has 3 N–H and O–H groups in total. The van der Waals surface area contributed by atoms with E-state index in [-0.39, 0.29) is 6.61 Å². The van der Waals surface area contributed by atoms with Gasteiger partial charge in [0.1, 0.15) is 24.4 Å². The molecule has 4 heteroatoms. The molecule has 0 radical (unpaired) electrons. The average Bonchev–Trinajstić information content (AvgIpc) is 2.76. The van der Waals surface area contributed by atoms with E-state index in [1.165, 1.54) is 0 Å². The highest BCUT2D eigenvalue weighted by molar-refractivity contribution is 5.88. The zero-order valence-electron chi connectivity index (χ0n) is 11.2. The van der Waals surface area contributed by atoms with Gasteiger partial charge in [0.2, 0.25) is 0 Å². The predicted octanol–water partition coefficient (Wildman–Crippen LogP) is 1.30. The lowest BCUT2D eigenvalue weighted by atomic mass is 9.94. The summed E-state index contributed by atoms with van der Waals surface area (Å²) in [7, 11) is 0. The van der Waals surface area contributed by atoms with Gasteiger partial charge in [-0.25, -0.2) is 0 Å². The van der Waals surface area contributed by atoms with Gasteiger partial charge in [0.25, 0.3) is 0 Å². The van der Waals surface area contributed by atoms with Crippen molar-refractivity contribution in [2.24, 2.45) is 0 Å². The first-order valence-corrected chi connectivity index (χ1v) is 6.74. The number of aryl methyl sites for hydroxylation is 1. The minimum atomic E-state index is -1.06. The van der Waals surface area contributed by atoms with Crippen LogP contribution in [0.3, 0.4) is 0 Å². The first-order valence-electron chi connectivity index (χ1n) is 6.74. The number of hydrogen-bond acceptors (Lipinski definition) is 4. The molecule has 2 aromatic rings. The van der Waals surface area contributed by atoms with Gasteiger partial charge in [0.15, 0.2) is 0 Å². The van der Waals surface area contributed by atoms with Gasteiger partial charge >= 0.3 is 0 Å². The summed E-state index contributed by atoms with van der Waals surface area (Å²) >= 11 is 0. The van der Waals surface area contributed by atoms with E-state index >= 15 is 0 Å². The van der Waals surface area contributed by atoms with Gasteiger partial charge in [-0.05, 0) is 28.8 Å². The molecule has 4 nitrogen and oxygen atoms in total. The molecule has 3 rings (SSSR count). The summed E-state index contributed by atoms with van der Waals surface area (Å²) in [4.78, 5) is 0. The van der Waals surface area contributed by atoms with Crippen LogP contribution in [0.5, 0.6) is 0 Å². The summed E-state index contributed by atoms with van der Waals surface area (Å²) in [5.74, 6) is 0. The lowest BCUT2D eigenvalue weighted by Crippen LogP contribution is -2.32. The van der Waals surface area contributed by atoms with E-state index in [1.54, 1.807) is 0 Å². The zero-order chi connectivity index (χ0) is 14.3. The van der Waals surface area contributed by atoms with Crippen molar-refractivity contribution < 1.29 is 20.1 Å². The highest BCUT2D eigenvalue weighted by atomic mass is 16.6. The molecule has 4 atom stereocenters. The van der Waals surface area contributed by atoms with Crippen molar-refractivity contribution >= 4 is 10.8 Å². The minimum Gasteiger partial charge on any atom is -0.394 e. The molecule has 0 saturated carbocycles. The van der Waals surface area contributed by atoms with Crippen LogP contribution >= 0.6 is 0 Å². The topological polar surface area (TPSA) is 69.9 Å². The number of benzene rings is 2. The predicted molar refractivity (Wildman–Crippen MR) is 75.4 cm³/mol. The molecule has 1 saturated heterocycles. The third-order valence-corrected chi connectivity index (χ3v) is 4.02. The molecule has 106 valence electrons. The maximum atomic E-state index is 10.2. The lowest BCUT2D eigenvalue weighted by Gasteiger charge is -2.18. The fourth-order valence-corrected chi connectivity index (χ4v) is 2.88. The van der Waals surface area contributed by atoms with Crippen LogP contribution in [0, 0.1) is 6.92 Å². The third-order valence-electron chi connectivity index (χ3n) is 4.02. The standard InChI is InChI=1S/C16H18O4/c1-9-6-7-12(11-5-3-2-4-10(9)11)16-15(19)14(18)13(8-17)20-16/h2-7,13-19H,8H2,1H3/t13-,14-,15-,16-/m1/s1. The summed E-state index contributed by atoms with van der Waals surface area (Å²) in [6.07, 6.45) is -3.45. The first-order chi connectivity index (χ1) is 9.63. The molecule has 0 bridgehead atoms. The van der Waals surface area contributed by atoms with E-state index in [0.717, 1.165) is 21.9 Å². The number of hydrogen-bond donors (Lipinski definition) is 3. The summed E-state index contributed by atoms with van der Waals surface area (Å²) < 4.78 is 5.62. The molecule has 1 fully saturated rings. The summed E-state index contributed by atoms with van der Waals surface area (Å²) in [5, 5.41) is 31.3. The van der Waals surface area contributed by atoms with Crippen LogP contribution in [-0.4, -0.2) is 40.2 Å². The van der Waals surface area contributed by atoms with Gasteiger partial charge in [0.05, 0.1) is 6.61 Å². The molecule has 0 aliphatic carbocycles. The van der Waals surface area contributed by atoms with Gasteiger partial charge in [-0.15, -0.1) is 0 Å². The molecule has 2 aromatic carbocycles. The first kappa shape index (κ1) is 13.5. The molecule has 20 heavy (non-hydrogen) atoms. The van der Waals surface area contributed by atoms with Crippen molar-refractivity contribution in [2.45, 2.75) is 31.3 Å². The normalized spacial score (nSPS) is 30.0. The molecular weight excluding hydrogens is 256 g/mol. The Labute approximate surface area is 117 Å². The van der Waals surface area contributed by atoms with Crippen LogP contribution in [0.4, 0.5) is 0 Å². The second-order valence-corrected chi connectivity index (χ2v) is 5.28. The SMILES string of the molecule is Cc1ccc([C@H]2O[C@H](CO)[C@@H](O)[C@H]2O)c2ccccc12. The Morgan fingerprint density at radius 1 is 1.00 bits per heavy atom. The van der Waals surface area contributed by atoms with Crippen LogP contribution in [-0.2, 0) is 4.74 Å². The Hall–Kier alpha value is -1.46. The maximum absolute atomic E-state index is 10.2. The van der Waals surface area contributed by atoms with E-state index in [1.807, 2.05) is 43.3 Å². The monoisotopic (exact) mass is 274 g/mol. The van der Waals surface area contributed by atoms with E-state index in [9.17, 15) is 15.3 Å². The third kappa shape index (κ3) is 2.01. The molecule has 0 spiro atoms. The quantitative estimate of drug-likeness (QED) is 0.772. The second kappa shape index (κ2) is 5.14. The van der Waals surface area contributed by atoms with Gasteiger partial charge in [-0.1, -0.05) is 36.4 Å². The van der Waals surface area contributed by atoms with E-state index in [0.29, 0.717) is 0 Å². The Balaban J connectivity index is 2.09. The number of fused-ring (bicyclic) bond motifs is 1. The number of rotatable bonds is 2. The highest BCUT2D eigenvalue weighted by Crippen LogP contribution is 2.37. The Morgan fingerprint density at radius 2 is 1.70 bits per heavy atom. The van der Waals surface area contributed by atoms with Gasteiger partial charge in [-0.2, -0.15) is 0 Å². The largest absolute Gasteiger partial charge is 0.394 e. The Bertz CT molecular complexity index is 625. The minimum absolute atomic E-state index is 0.307. The molecule has 1 aliphatic heterocycles. The van der Waals surface area contributed by atoms with Crippen LogP contribution in [0.2, 0.25) is 0 Å². The summed E-state index contributed by atoms with van der Waals surface area (Å²) in [6, 6.07) is 11.8. The summed E-state index contributed by atoms with van der Waals surface area (Å²) in [6.45, 7) is 1.72. The van der Waals surface area contributed by atoms with Crippen LogP contribution < -0.4 is 0 Å². The molecule has 1 aliphatic rings. The number of aliphatic hydroxyl groups excluding tert-OH is 3. The van der Waals surface area contributed by atoms with Gasteiger partial charge in [0, 0.05) is 0 Å². The Kier molecular flexibility index (Phi) is 3.48. The maximum Gasteiger partial charge on any atom is 0.113 e.